The van der Waals surface area contributed by atoms with E-state index in [1.807, 2.05) is 0 Å². The molecule has 0 aliphatic rings. The van der Waals surface area contributed by atoms with Crippen LogP contribution in [0.25, 0.3) is 0 Å². The van der Waals surface area contributed by atoms with Gasteiger partial charge in [-0.15, -0.1) is 0 Å². The van der Waals surface area contributed by atoms with Crippen LogP contribution >= 0.6 is 11.3 Å². The van der Waals surface area contributed by atoms with Gasteiger partial charge in [0.05, 0.1) is 4.92 Å². The van der Waals surface area contributed by atoms with E-state index in [1.165, 1.54) is 24.3 Å². The van der Waals surface area contributed by atoms with Crippen molar-refractivity contribution in [3.05, 3.63) is 51.1 Å². The van der Waals surface area contributed by atoms with Crippen molar-refractivity contribution in [1.29, 1.82) is 0 Å². The lowest BCUT2D eigenvalue weighted by molar-refractivity contribution is -0.380. The zero-order valence-corrected chi connectivity index (χ0v) is 9.18. The average Bonchev–Trinajstić information content (AvgIpc) is 2.78. The van der Waals surface area contributed by atoms with Gasteiger partial charge in [-0.3, -0.25) is 14.9 Å². The van der Waals surface area contributed by atoms with E-state index < -0.39 is 10.7 Å². The van der Waals surface area contributed by atoms with Crippen molar-refractivity contribution in [2.24, 2.45) is 0 Å². The van der Waals surface area contributed by atoms with Gasteiger partial charge >= 0.3 is 5.00 Å². The van der Waals surface area contributed by atoms with E-state index in [0.29, 0.717) is 5.56 Å². The topological polar surface area (TPSA) is 93.3 Å². The Labute approximate surface area is 99.3 Å². The summed E-state index contributed by atoms with van der Waals surface area (Å²) in [6, 6.07) is 5.61. The Morgan fingerprint density at radius 2 is 2.00 bits per heavy atom. The molecule has 86 valence electrons. The minimum absolute atomic E-state index is 0.0478. The highest BCUT2D eigenvalue weighted by molar-refractivity contribution is 7.16. The Balaban J connectivity index is 2.30. The van der Waals surface area contributed by atoms with Gasteiger partial charge in [0.2, 0.25) is 5.78 Å². The highest BCUT2D eigenvalue weighted by Crippen LogP contribution is 2.23. The molecule has 2 rings (SSSR count). The maximum Gasteiger partial charge on any atom is 0.344 e. The van der Waals surface area contributed by atoms with Crippen LogP contribution in [0.3, 0.4) is 0 Å². The van der Waals surface area contributed by atoms with Gasteiger partial charge in [-0.1, -0.05) is 0 Å². The third-order valence-corrected chi connectivity index (χ3v) is 2.94. The van der Waals surface area contributed by atoms with Crippen LogP contribution in [0.1, 0.15) is 15.4 Å². The molecule has 0 saturated heterocycles. The number of carbonyl (C=O) groups is 1. The van der Waals surface area contributed by atoms with Gasteiger partial charge in [0.15, 0.2) is 5.01 Å². The zero-order chi connectivity index (χ0) is 12.4. The molecule has 0 amide bonds. The molecular formula is C10H6N2O4S. The normalized spacial score (nSPS) is 10.1. The maximum absolute atomic E-state index is 11.8. The van der Waals surface area contributed by atoms with E-state index in [4.69, 9.17) is 5.11 Å². The van der Waals surface area contributed by atoms with Crippen molar-refractivity contribution in [2.75, 3.05) is 0 Å². The summed E-state index contributed by atoms with van der Waals surface area (Å²) in [6.45, 7) is 0. The molecule has 1 aromatic heterocycles. The second-order valence-electron chi connectivity index (χ2n) is 3.14. The molecule has 2 aromatic rings. The third kappa shape index (κ3) is 2.28. The molecule has 1 aromatic carbocycles. The van der Waals surface area contributed by atoms with Crippen molar-refractivity contribution in [3.63, 3.8) is 0 Å². The third-order valence-electron chi connectivity index (χ3n) is 2.00. The number of hydrogen-bond donors (Lipinski definition) is 1. The van der Waals surface area contributed by atoms with E-state index in [-0.39, 0.29) is 15.8 Å². The molecule has 0 saturated carbocycles. The SMILES string of the molecule is O=C(c1ccc(O)cc1)c1ncc([N+](=O)[O-])s1. The summed E-state index contributed by atoms with van der Waals surface area (Å²) in [5.74, 6) is -0.352. The van der Waals surface area contributed by atoms with Gasteiger partial charge in [0, 0.05) is 5.56 Å². The van der Waals surface area contributed by atoms with Crippen molar-refractivity contribution >= 4 is 22.1 Å². The van der Waals surface area contributed by atoms with E-state index in [0.717, 1.165) is 17.5 Å². The smallest absolute Gasteiger partial charge is 0.344 e. The number of phenolic OH excluding ortho intramolecular Hbond substituents is 1. The Morgan fingerprint density at radius 3 is 2.53 bits per heavy atom. The van der Waals surface area contributed by atoms with Crippen LogP contribution in [0, 0.1) is 10.1 Å². The van der Waals surface area contributed by atoms with Crippen LogP contribution in [-0.4, -0.2) is 20.8 Å². The van der Waals surface area contributed by atoms with E-state index in [2.05, 4.69) is 4.98 Å². The standard InChI is InChI=1S/C10H6N2O4S/c13-7-3-1-6(2-4-7)9(14)10-11-5-8(17-10)12(15)16/h1-5,13H. The summed E-state index contributed by atoms with van der Waals surface area (Å²) in [5.41, 5.74) is 0.326. The minimum Gasteiger partial charge on any atom is -0.508 e. The van der Waals surface area contributed by atoms with Crippen molar-refractivity contribution in [3.8, 4) is 5.75 Å². The lowest BCUT2D eigenvalue weighted by Crippen LogP contribution is -1.99. The Hall–Kier alpha value is -2.28. The number of phenols is 1. The maximum atomic E-state index is 11.8. The summed E-state index contributed by atoms with van der Waals surface area (Å²) >= 11 is 0.726. The molecule has 0 spiro atoms. The molecule has 0 atom stereocenters. The summed E-state index contributed by atoms with van der Waals surface area (Å²) < 4.78 is 0. The highest BCUT2D eigenvalue weighted by atomic mass is 32.1. The number of carbonyl (C=O) groups excluding carboxylic acids is 1. The number of benzene rings is 1. The van der Waals surface area contributed by atoms with Crippen LogP contribution in [0.2, 0.25) is 0 Å². The van der Waals surface area contributed by atoms with Crippen molar-refractivity contribution < 1.29 is 14.8 Å². The molecular weight excluding hydrogens is 244 g/mol. The number of aromatic hydroxyl groups is 1. The lowest BCUT2D eigenvalue weighted by Gasteiger charge is -1.96. The first-order valence-corrected chi connectivity index (χ1v) is 5.33. The van der Waals surface area contributed by atoms with Gasteiger partial charge in [-0.05, 0) is 35.6 Å². The number of nitrogens with zero attached hydrogens (tertiary/aromatic N) is 2. The molecule has 0 radical (unpaired) electrons. The second-order valence-corrected chi connectivity index (χ2v) is 4.15. The van der Waals surface area contributed by atoms with Gasteiger partial charge in [-0.2, -0.15) is 0 Å². The van der Waals surface area contributed by atoms with Crippen LogP contribution in [0.15, 0.2) is 30.5 Å². The number of nitro groups is 1. The van der Waals surface area contributed by atoms with Gasteiger partial charge in [0.1, 0.15) is 11.9 Å². The number of ketones is 1. The molecule has 0 bridgehead atoms. The molecule has 0 aliphatic heterocycles. The number of thiazole rings is 1. The Bertz CT molecular complexity index is 576. The largest absolute Gasteiger partial charge is 0.508 e. The monoisotopic (exact) mass is 250 g/mol. The average molecular weight is 250 g/mol. The lowest BCUT2D eigenvalue weighted by atomic mass is 10.1. The van der Waals surface area contributed by atoms with E-state index >= 15 is 0 Å². The quantitative estimate of drug-likeness (QED) is 0.510. The van der Waals surface area contributed by atoms with Gasteiger partial charge in [-0.25, -0.2) is 4.98 Å². The Morgan fingerprint density at radius 1 is 1.35 bits per heavy atom. The van der Waals surface area contributed by atoms with Crippen molar-refractivity contribution in [2.45, 2.75) is 0 Å². The van der Waals surface area contributed by atoms with E-state index in [1.54, 1.807) is 0 Å². The fourth-order valence-corrected chi connectivity index (χ4v) is 1.89. The predicted octanol–water partition coefficient (Wildman–Crippen LogP) is 1.99. The predicted molar refractivity (Wildman–Crippen MR) is 60.3 cm³/mol. The molecule has 17 heavy (non-hydrogen) atoms. The first-order valence-electron chi connectivity index (χ1n) is 4.52. The highest BCUT2D eigenvalue weighted by Gasteiger charge is 2.18. The molecule has 7 heteroatoms. The molecule has 6 nitrogen and oxygen atoms in total. The summed E-state index contributed by atoms with van der Waals surface area (Å²) in [4.78, 5) is 25.4. The number of hydrogen-bond acceptors (Lipinski definition) is 6. The molecule has 0 aliphatic carbocycles. The van der Waals surface area contributed by atoms with Crippen LogP contribution in [0.5, 0.6) is 5.75 Å². The first kappa shape index (κ1) is 11.2. The van der Waals surface area contributed by atoms with Crippen LogP contribution in [0.4, 0.5) is 5.00 Å². The van der Waals surface area contributed by atoms with Gasteiger partial charge in [0.25, 0.3) is 0 Å². The summed E-state index contributed by atoms with van der Waals surface area (Å²) in [5, 5.41) is 19.4. The van der Waals surface area contributed by atoms with Crippen LogP contribution in [-0.2, 0) is 0 Å². The second kappa shape index (κ2) is 4.30. The van der Waals surface area contributed by atoms with Gasteiger partial charge < -0.3 is 5.11 Å². The summed E-state index contributed by atoms with van der Waals surface area (Å²) in [7, 11) is 0. The molecule has 0 unspecified atom stereocenters. The fraction of sp³-hybridized carbons (Fsp3) is 0. The summed E-state index contributed by atoms with van der Waals surface area (Å²) in [6.07, 6.45) is 1.05. The van der Waals surface area contributed by atoms with Crippen molar-refractivity contribution in [1.82, 2.24) is 4.98 Å². The zero-order valence-electron chi connectivity index (χ0n) is 8.36. The first-order chi connectivity index (χ1) is 8.08. The molecule has 0 fully saturated rings. The molecule has 1 N–H and O–H groups in total. The minimum atomic E-state index is -0.592. The Kier molecular flexibility index (Phi) is 2.84. The number of rotatable bonds is 3. The molecule has 1 heterocycles. The number of aromatic nitrogens is 1. The van der Waals surface area contributed by atoms with Crippen LogP contribution < -0.4 is 0 Å². The fourth-order valence-electron chi connectivity index (χ4n) is 1.19. The van der Waals surface area contributed by atoms with E-state index in [9.17, 15) is 14.9 Å².